The minimum atomic E-state index is -1.35. The van der Waals surface area contributed by atoms with E-state index in [9.17, 15) is 4.21 Å². The van der Waals surface area contributed by atoms with Gasteiger partial charge in [-0.15, -0.1) is 10.2 Å². The van der Waals surface area contributed by atoms with Gasteiger partial charge in [0.1, 0.15) is 16.8 Å². The van der Waals surface area contributed by atoms with E-state index in [1.165, 1.54) is 0 Å². The van der Waals surface area contributed by atoms with E-state index in [1.807, 2.05) is 12.3 Å². The maximum Gasteiger partial charge on any atom is 0.179 e. The number of aromatic nitrogens is 5. The lowest BCUT2D eigenvalue weighted by atomic mass is 10.1. The number of nitrogens with zero attached hydrogens (tertiary/aromatic N) is 5. The van der Waals surface area contributed by atoms with Crippen molar-refractivity contribution >= 4 is 27.8 Å². The summed E-state index contributed by atoms with van der Waals surface area (Å²) in [6.07, 6.45) is 6.27. The number of fused-ring (bicyclic) bond motifs is 3. The van der Waals surface area contributed by atoms with Crippen LogP contribution in [0.25, 0.3) is 16.8 Å². The van der Waals surface area contributed by atoms with Crippen LogP contribution in [0.1, 0.15) is 39.4 Å². The molecule has 0 aliphatic heterocycles. The predicted molar refractivity (Wildman–Crippen MR) is 108 cm³/mol. The first-order valence-electron chi connectivity index (χ1n) is 9.08. The topological polar surface area (TPSA) is 112 Å². The maximum absolute atomic E-state index is 12.7. The Kier molecular flexibility index (Phi) is 4.15. The standard InChI is InChI=1S/C19H17N7OS.2H2/c20-10-12-2-1-3-15(8-12)28(27)25-14-5-4-13(9-14)19-24-23-17-11-22-18-16(26(17)19)6-7-21-18;;/h1-3,6-8,11,13-14,21,25H,4-5,9H2;2*1H/t13-,14+,28?;;/m1../s1. The summed E-state index contributed by atoms with van der Waals surface area (Å²) in [5, 5.41) is 17.7. The SMILES string of the molecule is N#Cc1cccc(S(=O)N[C@H]2CC[C@@H](c3nnc4cnc5[nH]ccc5n34)C2)c1.[HH].[HH]. The molecule has 1 aliphatic rings. The third-order valence-corrected chi connectivity index (χ3v) is 6.45. The lowest BCUT2D eigenvalue weighted by Crippen LogP contribution is -2.28. The van der Waals surface area contributed by atoms with Gasteiger partial charge in [-0.2, -0.15) is 5.26 Å². The molecule has 3 atom stereocenters. The van der Waals surface area contributed by atoms with Gasteiger partial charge in [0, 0.05) is 21.0 Å². The fraction of sp³-hybridized carbons (Fsp3) is 0.263. The summed E-state index contributed by atoms with van der Waals surface area (Å²) in [7, 11) is -1.35. The van der Waals surface area contributed by atoms with Crippen LogP contribution in [0.15, 0.2) is 47.6 Å². The number of aromatic amines is 1. The molecule has 8 nitrogen and oxygen atoms in total. The Bertz CT molecular complexity index is 1250. The molecule has 1 saturated carbocycles. The zero-order valence-corrected chi connectivity index (χ0v) is 15.7. The number of H-pyrrole nitrogens is 1. The van der Waals surface area contributed by atoms with Crippen LogP contribution in [-0.4, -0.2) is 34.8 Å². The van der Waals surface area contributed by atoms with Crippen molar-refractivity contribution < 1.29 is 7.06 Å². The van der Waals surface area contributed by atoms with Gasteiger partial charge in [0.05, 0.1) is 28.2 Å². The molecule has 9 heteroatoms. The molecule has 0 spiro atoms. The van der Waals surface area contributed by atoms with Gasteiger partial charge in [0.15, 0.2) is 11.3 Å². The molecule has 1 aromatic carbocycles. The van der Waals surface area contributed by atoms with Crippen LogP contribution >= 0.6 is 0 Å². The van der Waals surface area contributed by atoms with E-state index in [0.717, 1.165) is 41.9 Å². The van der Waals surface area contributed by atoms with Gasteiger partial charge in [0.2, 0.25) is 0 Å². The lowest BCUT2D eigenvalue weighted by Gasteiger charge is -2.12. The van der Waals surface area contributed by atoms with Crippen molar-refractivity contribution in [2.24, 2.45) is 0 Å². The molecule has 1 fully saturated rings. The van der Waals surface area contributed by atoms with Crippen LogP contribution in [0.4, 0.5) is 0 Å². The molecule has 0 bridgehead atoms. The Labute approximate surface area is 166 Å². The third kappa shape index (κ3) is 2.87. The molecule has 144 valence electrons. The minimum Gasteiger partial charge on any atom is -0.345 e. The number of hydrogen-bond donors (Lipinski definition) is 2. The highest BCUT2D eigenvalue weighted by atomic mass is 32.2. The van der Waals surface area contributed by atoms with Gasteiger partial charge >= 0.3 is 0 Å². The second kappa shape index (κ2) is 6.82. The molecule has 1 unspecified atom stereocenters. The smallest absolute Gasteiger partial charge is 0.179 e. The molecular weight excluding hydrogens is 374 g/mol. The highest BCUT2D eigenvalue weighted by Gasteiger charge is 2.31. The molecule has 1 aliphatic carbocycles. The molecular formula is C19H21N7OS. The van der Waals surface area contributed by atoms with Crippen molar-refractivity contribution in [3.63, 3.8) is 0 Å². The first-order chi connectivity index (χ1) is 13.7. The first kappa shape index (κ1) is 17.0. The second-order valence-corrected chi connectivity index (χ2v) is 8.20. The second-order valence-electron chi connectivity index (χ2n) is 6.95. The number of nitriles is 1. The monoisotopic (exact) mass is 395 g/mol. The van der Waals surface area contributed by atoms with Crippen LogP contribution < -0.4 is 4.72 Å². The van der Waals surface area contributed by atoms with E-state index in [2.05, 4.69) is 35.4 Å². The fourth-order valence-corrected chi connectivity index (χ4v) is 4.97. The Hall–Kier alpha value is -3.09. The third-order valence-electron chi connectivity index (χ3n) is 5.22. The molecule has 5 rings (SSSR count). The zero-order chi connectivity index (χ0) is 19.1. The summed E-state index contributed by atoms with van der Waals surface area (Å²) < 4.78 is 17.9. The molecule has 28 heavy (non-hydrogen) atoms. The quantitative estimate of drug-likeness (QED) is 0.552. The van der Waals surface area contributed by atoms with E-state index in [0.29, 0.717) is 10.5 Å². The van der Waals surface area contributed by atoms with E-state index in [4.69, 9.17) is 5.26 Å². The number of hydrogen-bond acceptors (Lipinski definition) is 5. The van der Waals surface area contributed by atoms with E-state index < -0.39 is 11.0 Å². The van der Waals surface area contributed by atoms with Crippen molar-refractivity contribution in [1.82, 2.24) is 29.3 Å². The lowest BCUT2D eigenvalue weighted by molar-refractivity contribution is 0.597. The average molecular weight is 395 g/mol. The van der Waals surface area contributed by atoms with Gasteiger partial charge in [-0.3, -0.25) is 4.40 Å². The summed E-state index contributed by atoms with van der Waals surface area (Å²) >= 11 is 0. The Morgan fingerprint density at radius 3 is 3.14 bits per heavy atom. The Morgan fingerprint density at radius 1 is 1.32 bits per heavy atom. The van der Waals surface area contributed by atoms with Crippen LogP contribution in [0.3, 0.4) is 0 Å². The molecule has 3 heterocycles. The maximum atomic E-state index is 12.7. The van der Waals surface area contributed by atoms with Crippen LogP contribution in [0, 0.1) is 11.3 Å². The molecule has 2 N–H and O–H groups in total. The number of nitrogens with one attached hydrogen (secondary N) is 2. The molecule has 4 aromatic rings. The van der Waals surface area contributed by atoms with Gasteiger partial charge in [0.25, 0.3) is 0 Å². The van der Waals surface area contributed by atoms with E-state index in [1.54, 1.807) is 30.5 Å². The largest absolute Gasteiger partial charge is 0.345 e. The molecule has 0 saturated heterocycles. The summed E-state index contributed by atoms with van der Waals surface area (Å²) in [4.78, 5) is 8.10. The predicted octanol–water partition coefficient (Wildman–Crippen LogP) is 2.92. The highest BCUT2D eigenvalue weighted by molar-refractivity contribution is 7.83. The van der Waals surface area contributed by atoms with Crippen LogP contribution in [-0.2, 0) is 11.0 Å². The van der Waals surface area contributed by atoms with Crippen molar-refractivity contribution in [3.8, 4) is 6.07 Å². The molecule has 0 amide bonds. The zero-order valence-electron chi connectivity index (χ0n) is 14.9. The van der Waals surface area contributed by atoms with Crippen molar-refractivity contribution in [2.75, 3.05) is 0 Å². The summed E-state index contributed by atoms with van der Waals surface area (Å²) in [6, 6.07) is 11.1. The number of benzene rings is 1. The molecule has 0 radical (unpaired) electrons. The fourth-order valence-electron chi connectivity index (χ4n) is 3.89. The number of rotatable bonds is 4. The van der Waals surface area contributed by atoms with Crippen LogP contribution in [0.5, 0.6) is 0 Å². The normalized spacial score (nSPS) is 20.5. The first-order valence-corrected chi connectivity index (χ1v) is 10.2. The summed E-state index contributed by atoms with van der Waals surface area (Å²) in [6.45, 7) is 0. The van der Waals surface area contributed by atoms with Gasteiger partial charge < -0.3 is 4.98 Å². The van der Waals surface area contributed by atoms with E-state index >= 15 is 0 Å². The van der Waals surface area contributed by atoms with Crippen LogP contribution in [0.2, 0.25) is 0 Å². The summed E-state index contributed by atoms with van der Waals surface area (Å²) in [5.41, 5.74) is 3.01. The Balaban J connectivity index is 0.00000128. The van der Waals surface area contributed by atoms with Gasteiger partial charge in [-0.1, -0.05) is 6.07 Å². The van der Waals surface area contributed by atoms with Crippen molar-refractivity contribution in [1.29, 1.82) is 5.26 Å². The van der Waals surface area contributed by atoms with Crippen molar-refractivity contribution in [3.05, 3.63) is 54.1 Å². The minimum absolute atomic E-state index is 0. The molecule has 3 aromatic heterocycles. The Morgan fingerprint density at radius 2 is 2.25 bits per heavy atom. The van der Waals surface area contributed by atoms with Crippen molar-refractivity contribution in [2.45, 2.75) is 36.1 Å². The van der Waals surface area contributed by atoms with Gasteiger partial charge in [-0.05, 0) is 43.5 Å². The highest BCUT2D eigenvalue weighted by Crippen LogP contribution is 2.34. The van der Waals surface area contributed by atoms with E-state index in [-0.39, 0.29) is 14.8 Å². The van der Waals surface area contributed by atoms with Gasteiger partial charge in [-0.25, -0.2) is 13.9 Å². The average Bonchev–Trinajstić information content (AvgIpc) is 3.45. The summed E-state index contributed by atoms with van der Waals surface area (Å²) in [5.74, 6) is 1.15.